The third-order valence-corrected chi connectivity index (χ3v) is 15.0. The SMILES string of the molecule is CO[C@H](C(=O)O)[C@@H]1Cc2cc3cc(O[C@H]4C[C@@H](O[C@H]5C[C@@H](O)C(O)C(C)O5)C(O)C(C)O4)c(C)c(O)c3c(O)c2C(=O)[C@H]1CC[C@@H](O[C@H]1C[C@@H](O[C@H]2C[C@](C)(O)[C@H](O)C(C)O2)C(O)C(C)O1)C(O)C(C)O. The Morgan fingerprint density at radius 2 is 1.39 bits per heavy atom. The van der Waals surface area contributed by atoms with E-state index in [1.807, 2.05) is 0 Å². The van der Waals surface area contributed by atoms with E-state index in [2.05, 4.69) is 0 Å². The highest BCUT2D eigenvalue weighted by molar-refractivity contribution is 6.10. The van der Waals surface area contributed by atoms with Crippen molar-refractivity contribution in [2.24, 2.45) is 11.8 Å². The number of Topliss-reactive ketones (excluding diaryl/α,β-unsaturated/α-hetero) is 1. The number of carboxylic acids is 1. The van der Waals surface area contributed by atoms with E-state index in [1.165, 1.54) is 33.9 Å². The first-order chi connectivity index (χ1) is 33.3. The van der Waals surface area contributed by atoms with Gasteiger partial charge in [-0.1, -0.05) is 0 Å². The van der Waals surface area contributed by atoms with Gasteiger partial charge >= 0.3 is 5.97 Å². The number of fused-ring (bicyclic) bond motifs is 2. The van der Waals surface area contributed by atoms with Crippen molar-refractivity contribution in [3.8, 4) is 17.2 Å². The van der Waals surface area contributed by atoms with Crippen LogP contribution in [0.3, 0.4) is 0 Å². The number of ether oxygens (including phenoxy) is 9. The predicted molar refractivity (Wildman–Crippen MR) is 244 cm³/mol. The van der Waals surface area contributed by atoms with E-state index in [-0.39, 0.29) is 78.2 Å². The fraction of sp³-hybridized carbons (Fsp3) is 0.755. The summed E-state index contributed by atoms with van der Waals surface area (Å²) in [5.41, 5.74) is -1.29. The van der Waals surface area contributed by atoms with Gasteiger partial charge in [-0.2, -0.15) is 0 Å². The molecular formula is C49H72O22. The molecule has 9 unspecified atom stereocenters. The highest BCUT2D eigenvalue weighted by Crippen LogP contribution is 2.48. The average Bonchev–Trinajstić information content (AvgIpc) is 3.28. The molecule has 5 aliphatic rings. The van der Waals surface area contributed by atoms with Gasteiger partial charge in [0.05, 0.1) is 71.5 Å². The molecule has 7 rings (SSSR count). The van der Waals surface area contributed by atoms with Gasteiger partial charge in [0, 0.05) is 50.2 Å². The van der Waals surface area contributed by atoms with Crippen LogP contribution in [0.15, 0.2) is 12.1 Å². The van der Waals surface area contributed by atoms with Gasteiger partial charge in [0.25, 0.3) is 0 Å². The third-order valence-electron chi connectivity index (χ3n) is 15.0. The predicted octanol–water partition coefficient (Wildman–Crippen LogP) is 0.782. The molecule has 2 aromatic carbocycles. The molecule has 11 N–H and O–H groups in total. The zero-order valence-corrected chi connectivity index (χ0v) is 41.1. The molecule has 22 nitrogen and oxygen atoms in total. The second kappa shape index (κ2) is 22.2. The summed E-state index contributed by atoms with van der Waals surface area (Å²) in [6.45, 7) is 10.7. The van der Waals surface area contributed by atoms with Crippen LogP contribution in [0.4, 0.5) is 0 Å². The molecule has 2 aromatic rings. The highest BCUT2D eigenvalue weighted by atomic mass is 16.7. The van der Waals surface area contributed by atoms with E-state index in [0.717, 1.165) is 0 Å². The number of hydrogen-bond donors (Lipinski definition) is 11. The Balaban J connectivity index is 1.12. The number of phenols is 2. The Morgan fingerprint density at radius 3 is 1.99 bits per heavy atom. The summed E-state index contributed by atoms with van der Waals surface area (Å²) in [5.74, 6) is -5.11. The first-order valence-electron chi connectivity index (χ1n) is 24.4. The monoisotopic (exact) mass is 1010 g/mol. The Labute approximate surface area is 410 Å². The molecule has 0 saturated carbocycles. The van der Waals surface area contributed by atoms with Crippen molar-refractivity contribution in [1.82, 2.24) is 0 Å². The zero-order chi connectivity index (χ0) is 52.1. The quantitative estimate of drug-likeness (QED) is 0.111. The lowest BCUT2D eigenvalue weighted by atomic mass is 9.69. The lowest BCUT2D eigenvalue weighted by Gasteiger charge is -2.45. The Bertz CT molecular complexity index is 2180. The van der Waals surface area contributed by atoms with Crippen molar-refractivity contribution in [2.75, 3.05) is 7.11 Å². The summed E-state index contributed by atoms with van der Waals surface area (Å²) in [6, 6.07) is 3.08. The highest BCUT2D eigenvalue weighted by Gasteiger charge is 2.49. The molecule has 22 heteroatoms. The number of aromatic hydroxyl groups is 2. The van der Waals surface area contributed by atoms with E-state index in [0.29, 0.717) is 0 Å². The minimum Gasteiger partial charge on any atom is -0.507 e. The molecular weight excluding hydrogens is 941 g/mol. The van der Waals surface area contributed by atoms with Crippen molar-refractivity contribution in [3.63, 3.8) is 0 Å². The van der Waals surface area contributed by atoms with E-state index in [4.69, 9.17) is 42.6 Å². The topological polar surface area (TPSA) is 340 Å². The van der Waals surface area contributed by atoms with Gasteiger partial charge in [-0.05, 0) is 90.8 Å². The molecule has 71 heavy (non-hydrogen) atoms. The molecule has 4 fully saturated rings. The smallest absolute Gasteiger partial charge is 0.333 e. The van der Waals surface area contributed by atoms with Gasteiger partial charge in [0.2, 0.25) is 6.29 Å². The van der Waals surface area contributed by atoms with Crippen LogP contribution in [0.2, 0.25) is 0 Å². The second-order valence-electron chi connectivity index (χ2n) is 20.3. The van der Waals surface area contributed by atoms with Crippen LogP contribution in [-0.4, -0.2) is 197 Å². The van der Waals surface area contributed by atoms with Gasteiger partial charge in [0.1, 0.15) is 47.8 Å². The third kappa shape index (κ3) is 11.6. The molecule has 22 atom stereocenters. The van der Waals surface area contributed by atoms with Gasteiger partial charge in [-0.3, -0.25) is 4.79 Å². The lowest BCUT2D eigenvalue weighted by molar-refractivity contribution is -0.323. The maximum atomic E-state index is 14.8. The van der Waals surface area contributed by atoms with Crippen molar-refractivity contribution in [1.29, 1.82) is 0 Å². The summed E-state index contributed by atoms with van der Waals surface area (Å²) >= 11 is 0. The molecule has 0 bridgehead atoms. The first-order valence-corrected chi connectivity index (χ1v) is 24.4. The Morgan fingerprint density at radius 1 is 0.817 bits per heavy atom. The molecule has 4 aliphatic heterocycles. The van der Waals surface area contributed by atoms with E-state index < -0.39 is 157 Å². The summed E-state index contributed by atoms with van der Waals surface area (Å²) in [5, 5.41) is 120. The number of carboxylic acid groups (broad SMARTS) is 1. The number of methoxy groups -OCH3 is 1. The van der Waals surface area contributed by atoms with Crippen molar-refractivity contribution >= 4 is 22.5 Å². The normalized spacial score (nSPS) is 39.6. The number of carbonyl (C=O) groups is 2. The number of carbonyl (C=O) groups excluding carboxylic acids is 1. The van der Waals surface area contributed by atoms with Gasteiger partial charge in [-0.25, -0.2) is 4.79 Å². The van der Waals surface area contributed by atoms with Gasteiger partial charge in [0.15, 0.2) is 30.8 Å². The first kappa shape index (κ1) is 55.4. The Hall–Kier alpha value is -3.40. The Kier molecular flexibility index (Phi) is 17.3. The fourth-order valence-electron chi connectivity index (χ4n) is 10.8. The van der Waals surface area contributed by atoms with Crippen LogP contribution in [0.1, 0.15) is 102 Å². The number of benzene rings is 2. The van der Waals surface area contributed by atoms with Crippen LogP contribution < -0.4 is 4.74 Å². The van der Waals surface area contributed by atoms with Crippen molar-refractivity contribution < 1.29 is 108 Å². The maximum Gasteiger partial charge on any atom is 0.333 e. The second-order valence-corrected chi connectivity index (χ2v) is 20.3. The van der Waals surface area contributed by atoms with Crippen LogP contribution in [0, 0.1) is 18.8 Å². The molecule has 0 spiro atoms. The molecule has 0 radical (unpaired) electrons. The zero-order valence-electron chi connectivity index (χ0n) is 41.1. The van der Waals surface area contributed by atoms with Gasteiger partial charge < -0.3 is 98.8 Å². The van der Waals surface area contributed by atoms with Crippen LogP contribution in [-0.2, 0) is 49.1 Å². The molecule has 0 aromatic heterocycles. The number of aliphatic hydroxyl groups excluding tert-OH is 7. The van der Waals surface area contributed by atoms with Crippen LogP contribution >= 0.6 is 0 Å². The van der Waals surface area contributed by atoms with Crippen LogP contribution in [0.5, 0.6) is 17.2 Å². The number of aliphatic carboxylic acids is 1. The van der Waals surface area contributed by atoms with Gasteiger partial charge in [-0.15, -0.1) is 0 Å². The largest absolute Gasteiger partial charge is 0.507 e. The number of aliphatic hydroxyl groups is 8. The van der Waals surface area contributed by atoms with Crippen molar-refractivity contribution in [2.45, 2.75) is 216 Å². The standard InChI is InChI=1S/C49H72O22/c1-18-30(69-35-15-31(42(55)21(4)66-35)70-33-14-28(51)41(54)20(3)64-33)13-25-11-24-12-27(46(63-8)48(60)61)26(44(57)38(24)45(58)37(25)39(18)52)9-10-29(40(53)19(2)50)68-34-16-32(43(56)22(5)65-34)71-36-17-49(7,62)47(59)23(6)67-36/h11,13,19-23,26-29,31-36,40-43,46-47,50-56,58-59,62H,9-10,12,14-17H2,1-8H3,(H,60,61)/t19?,20?,21?,22?,23?,26-,27+,28+,29+,31+,32+,33-,34-,35-,36-,40?,41?,42?,43?,46-,47+,49-/m0/s1. The van der Waals surface area contributed by atoms with Crippen molar-refractivity contribution in [3.05, 3.63) is 28.8 Å². The molecule has 0 amide bonds. The number of ketones is 1. The lowest BCUT2D eigenvalue weighted by Crippen LogP contribution is -2.57. The molecule has 1 aliphatic carbocycles. The van der Waals surface area contributed by atoms with Crippen LogP contribution in [0.25, 0.3) is 10.8 Å². The van der Waals surface area contributed by atoms with E-state index >= 15 is 0 Å². The number of phenolic OH excluding ortho intramolecular Hbond substituents is 2. The number of hydrogen-bond acceptors (Lipinski definition) is 21. The summed E-state index contributed by atoms with van der Waals surface area (Å²) < 4.78 is 53.5. The minimum atomic E-state index is -1.56. The number of rotatable bonds is 16. The van der Waals surface area contributed by atoms with E-state index in [1.54, 1.807) is 33.8 Å². The maximum absolute atomic E-state index is 14.8. The average molecular weight is 1010 g/mol. The summed E-state index contributed by atoms with van der Waals surface area (Å²) in [7, 11) is 1.19. The molecule has 4 heterocycles. The minimum absolute atomic E-state index is 0.0189. The molecule has 400 valence electrons. The molecule has 4 saturated heterocycles. The fourth-order valence-corrected chi connectivity index (χ4v) is 10.8. The summed E-state index contributed by atoms with van der Waals surface area (Å²) in [6.07, 6.45) is -21.3. The summed E-state index contributed by atoms with van der Waals surface area (Å²) in [4.78, 5) is 27.5. The van der Waals surface area contributed by atoms with E-state index in [9.17, 15) is 65.8 Å².